The zero-order chi connectivity index (χ0) is 8.43. The van der Waals surface area contributed by atoms with Crippen molar-refractivity contribution < 1.29 is 0 Å². The zero-order valence-corrected chi connectivity index (χ0v) is 7.55. The Morgan fingerprint density at radius 3 is 2.55 bits per heavy atom. The lowest BCUT2D eigenvalue weighted by Crippen LogP contribution is -2.12. The number of anilines is 1. The fraction of sp³-hybridized carbons (Fsp3) is 0.429. The fourth-order valence-electron chi connectivity index (χ4n) is 0.842. The summed E-state index contributed by atoms with van der Waals surface area (Å²) in [6.07, 6.45) is 1.55. The van der Waals surface area contributed by atoms with Crippen LogP contribution in [0.25, 0.3) is 0 Å². The molecule has 0 unspecified atom stereocenters. The highest BCUT2D eigenvalue weighted by atomic mass is 35.5. The van der Waals surface area contributed by atoms with Gasteiger partial charge < -0.3 is 4.90 Å². The Kier molecular flexibility index (Phi) is 2.29. The lowest BCUT2D eigenvalue weighted by molar-refractivity contribution is 1.00. The molecule has 11 heavy (non-hydrogen) atoms. The molecule has 0 aromatic carbocycles. The molecule has 0 aliphatic rings. The van der Waals surface area contributed by atoms with Gasteiger partial charge in [-0.15, -0.1) is 0 Å². The average molecular weight is 172 g/mol. The molecule has 0 saturated carbocycles. The summed E-state index contributed by atoms with van der Waals surface area (Å²) in [5, 5.41) is 0.430. The molecule has 60 valence electrons. The molecule has 0 aliphatic carbocycles. The van der Waals surface area contributed by atoms with E-state index in [2.05, 4.69) is 9.97 Å². The van der Waals surface area contributed by atoms with Crippen molar-refractivity contribution in [3.05, 3.63) is 17.0 Å². The summed E-state index contributed by atoms with van der Waals surface area (Å²) in [4.78, 5) is 10.0. The van der Waals surface area contributed by atoms with Crippen LogP contribution in [0.15, 0.2) is 6.20 Å². The number of hydrogen-bond acceptors (Lipinski definition) is 3. The second-order valence-electron chi connectivity index (χ2n) is 2.50. The van der Waals surface area contributed by atoms with E-state index in [1.165, 1.54) is 0 Å². The van der Waals surface area contributed by atoms with Crippen molar-refractivity contribution in [2.45, 2.75) is 6.92 Å². The van der Waals surface area contributed by atoms with Gasteiger partial charge in [0.1, 0.15) is 5.15 Å². The maximum Gasteiger partial charge on any atom is 0.151 e. The molecular formula is C7H10ClN3. The van der Waals surface area contributed by atoms with E-state index < -0.39 is 0 Å². The lowest BCUT2D eigenvalue weighted by atomic mass is 10.4. The standard InChI is InChI=1S/C7H10ClN3/c1-5-7(11(2)3)10-6(8)4-9-5/h4H,1-3H3. The van der Waals surface area contributed by atoms with Gasteiger partial charge in [-0.2, -0.15) is 0 Å². The molecule has 0 radical (unpaired) electrons. The lowest BCUT2D eigenvalue weighted by Gasteiger charge is -2.12. The SMILES string of the molecule is Cc1ncc(Cl)nc1N(C)C. The van der Waals surface area contributed by atoms with E-state index in [4.69, 9.17) is 11.6 Å². The number of rotatable bonds is 1. The molecule has 0 N–H and O–H groups in total. The molecule has 0 spiro atoms. The van der Waals surface area contributed by atoms with E-state index in [0.29, 0.717) is 5.15 Å². The summed E-state index contributed by atoms with van der Waals surface area (Å²) < 4.78 is 0. The molecule has 1 heterocycles. The number of nitrogens with zero attached hydrogens (tertiary/aromatic N) is 3. The first kappa shape index (κ1) is 8.27. The van der Waals surface area contributed by atoms with Crippen molar-refractivity contribution in [2.75, 3.05) is 19.0 Å². The Morgan fingerprint density at radius 1 is 1.45 bits per heavy atom. The quantitative estimate of drug-likeness (QED) is 0.642. The van der Waals surface area contributed by atoms with Gasteiger partial charge in [0.25, 0.3) is 0 Å². The second-order valence-corrected chi connectivity index (χ2v) is 2.88. The van der Waals surface area contributed by atoms with Crippen LogP contribution in [-0.2, 0) is 0 Å². The van der Waals surface area contributed by atoms with Crippen LogP contribution in [0.5, 0.6) is 0 Å². The molecule has 0 atom stereocenters. The van der Waals surface area contributed by atoms with Crippen molar-refractivity contribution >= 4 is 17.4 Å². The highest BCUT2D eigenvalue weighted by Crippen LogP contribution is 2.14. The zero-order valence-electron chi connectivity index (χ0n) is 6.80. The van der Waals surface area contributed by atoms with Gasteiger partial charge in [-0.05, 0) is 6.92 Å². The van der Waals surface area contributed by atoms with E-state index in [1.807, 2.05) is 25.9 Å². The molecular weight excluding hydrogens is 162 g/mol. The summed E-state index contributed by atoms with van der Waals surface area (Å²) in [6.45, 7) is 1.90. The largest absolute Gasteiger partial charge is 0.361 e. The third-order valence-electron chi connectivity index (χ3n) is 1.32. The van der Waals surface area contributed by atoms with Crippen LogP contribution < -0.4 is 4.90 Å². The third kappa shape index (κ3) is 1.80. The van der Waals surface area contributed by atoms with Crippen LogP contribution in [0.4, 0.5) is 5.82 Å². The minimum Gasteiger partial charge on any atom is -0.361 e. The van der Waals surface area contributed by atoms with Crippen LogP contribution in [0, 0.1) is 6.92 Å². The first-order chi connectivity index (χ1) is 5.11. The molecule has 0 saturated heterocycles. The number of aromatic nitrogens is 2. The van der Waals surface area contributed by atoms with Crippen LogP contribution in [0.2, 0.25) is 5.15 Å². The van der Waals surface area contributed by atoms with Gasteiger partial charge >= 0.3 is 0 Å². The molecule has 0 amide bonds. The molecule has 1 aromatic heterocycles. The number of halogens is 1. The molecule has 1 rings (SSSR count). The van der Waals surface area contributed by atoms with Crippen molar-refractivity contribution in [1.29, 1.82) is 0 Å². The smallest absolute Gasteiger partial charge is 0.151 e. The Morgan fingerprint density at radius 2 is 2.09 bits per heavy atom. The van der Waals surface area contributed by atoms with Gasteiger partial charge in [0.05, 0.1) is 11.9 Å². The van der Waals surface area contributed by atoms with Gasteiger partial charge in [0.2, 0.25) is 0 Å². The Bertz CT molecular complexity index is 260. The van der Waals surface area contributed by atoms with E-state index in [0.717, 1.165) is 11.5 Å². The number of hydrogen-bond donors (Lipinski definition) is 0. The van der Waals surface area contributed by atoms with Crippen molar-refractivity contribution in [3.8, 4) is 0 Å². The van der Waals surface area contributed by atoms with E-state index >= 15 is 0 Å². The van der Waals surface area contributed by atoms with Gasteiger partial charge in [-0.1, -0.05) is 11.6 Å². The normalized spacial score (nSPS) is 9.82. The summed E-state index contributed by atoms with van der Waals surface area (Å²) in [5.41, 5.74) is 0.888. The van der Waals surface area contributed by atoms with E-state index in [1.54, 1.807) is 6.20 Å². The van der Waals surface area contributed by atoms with E-state index in [9.17, 15) is 0 Å². The average Bonchev–Trinajstić information content (AvgIpc) is 1.94. The third-order valence-corrected chi connectivity index (χ3v) is 1.51. The van der Waals surface area contributed by atoms with Crippen molar-refractivity contribution in [3.63, 3.8) is 0 Å². The minimum atomic E-state index is 0.430. The molecule has 3 nitrogen and oxygen atoms in total. The van der Waals surface area contributed by atoms with Crippen LogP contribution in [0.1, 0.15) is 5.69 Å². The summed E-state index contributed by atoms with van der Waals surface area (Å²) >= 11 is 5.66. The monoisotopic (exact) mass is 171 g/mol. The van der Waals surface area contributed by atoms with Gasteiger partial charge in [-0.3, -0.25) is 4.98 Å². The first-order valence-corrected chi connectivity index (χ1v) is 3.65. The summed E-state index contributed by atoms with van der Waals surface area (Å²) in [6, 6.07) is 0. The second kappa shape index (κ2) is 3.05. The molecule has 0 fully saturated rings. The van der Waals surface area contributed by atoms with Gasteiger partial charge in [0, 0.05) is 14.1 Å². The predicted molar refractivity (Wildman–Crippen MR) is 46.1 cm³/mol. The molecule has 0 bridgehead atoms. The predicted octanol–water partition coefficient (Wildman–Crippen LogP) is 1.50. The van der Waals surface area contributed by atoms with Gasteiger partial charge in [0.15, 0.2) is 5.82 Å². The fourth-order valence-corrected chi connectivity index (χ4v) is 0.971. The maximum absolute atomic E-state index is 5.66. The van der Waals surface area contributed by atoms with Crippen molar-refractivity contribution in [2.24, 2.45) is 0 Å². The molecule has 4 heteroatoms. The molecule has 0 aliphatic heterocycles. The topological polar surface area (TPSA) is 29.0 Å². The molecule has 1 aromatic rings. The Hall–Kier alpha value is -0.830. The minimum absolute atomic E-state index is 0.430. The van der Waals surface area contributed by atoms with Crippen LogP contribution in [-0.4, -0.2) is 24.1 Å². The highest BCUT2D eigenvalue weighted by molar-refractivity contribution is 6.29. The van der Waals surface area contributed by atoms with Crippen LogP contribution in [0.3, 0.4) is 0 Å². The van der Waals surface area contributed by atoms with Crippen LogP contribution >= 0.6 is 11.6 Å². The Labute approximate surface area is 71.0 Å². The van der Waals surface area contributed by atoms with Crippen molar-refractivity contribution in [1.82, 2.24) is 9.97 Å². The van der Waals surface area contributed by atoms with Gasteiger partial charge in [-0.25, -0.2) is 4.98 Å². The summed E-state index contributed by atoms with van der Waals surface area (Å²) in [7, 11) is 3.82. The van der Waals surface area contributed by atoms with E-state index in [-0.39, 0.29) is 0 Å². The first-order valence-electron chi connectivity index (χ1n) is 3.27. The maximum atomic E-state index is 5.66. The highest BCUT2D eigenvalue weighted by Gasteiger charge is 2.03. The Balaban J connectivity index is 3.13. The number of aryl methyl sites for hydroxylation is 1. The summed E-state index contributed by atoms with van der Waals surface area (Å²) in [5.74, 6) is 0.817.